The van der Waals surface area contributed by atoms with E-state index in [1.807, 2.05) is 45.0 Å². The second-order valence-electron chi connectivity index (χ2n) is 4.59. The Balaban J connectivity index is 2.73. The number of benzene rings is 1. The lowest BCUT2D eigenvalue weighted by molar-refractivity contribution is -0.124. The second-order valence-corrected chi connectivity index (χ2v) is 4.59. The van der Waals surface area contributed by atoms with E-state index in [1.54, 1.807) is 13.3 Å². The fourth-order valence-corrected chi connectivity index (χ4v) is 1.02. The Labute approximate surface area is 96.2 Å². The highest BCUT2D eigenvalue weighted by Crippen LogP contribution is 2.15. The average Bonchev–Trinajstić information content (AvgIpc) is 2.25. The van der Waals surface area contributed by atoms with Crippen LogP contribution in [-0.2, 0) is 4.79 Å². The van der Waals surface area contributed by atoms with E-state index < -0.39 is 5.41 Å². The molecule has 86 valence electrons. The minimum absolute atomic E-state index is 0.122. The normalized spacial score (nSPS) is 11.8. The Morgan fingerprint density at radius 2 is 1.81 bits per heavy atom. The predicted octanol–water partition coefficient (Wildman–Crippen LogP) is 2.69. The van der Waals surface area contributed by atoms with E-state index >= 15 is 0 Å². The first-order chi connectivity index (χ1) is 7.43. The maximum Gasteiger partial charge on any atom is 0.251 e. The van der Waals surface area contributed by atoms with E-state index in [2.05, 4.69) is 4.99 Å². The number of hydrogen-bond donors (Lipinski definition) is 0. The van der Waals surface area contributed by atoms with Crippen LogP contribution in [0.15, 0.2) is 29.3 Å². The topological polar surface area (TPSA) is 38.7 Å². The van der Waals surface area contributed by atoms with Gasteiger partial charge in [0.1, 0.15) is 5.75 Å². The van der Waals surface area contributed by atoms with Crippen molar-refractivity contribution in [3.05, 3.63) is 29.8 Å². The van der Waals surface area contributed by atoms with Crippen LogP contribution in [-0.4, -0.2) is 19.2 Å². The Kier molecular flexibility index (Phi) is 3.82. The van der Waals surface area contributed by atoms with Crippen LogP contribution in [0.1, 0.15) is 26.3 Å². The van der Waals surface area contributed by atoms with E-state index in [9.17, 15) is 4.79 Å². The monoisotopic (exact) mass is 219 g/mol. The van der Waals surface area contributed by atoms with Crippen molar-refractivity contribution in [1.29, 1.82) is 0 Å². The lowest BCUT2D eigenvalue weighted by Crippen LogP contribution is -2.17. The summed E-state index contributed by atoms with van der Waals surface area (Å²) in [6.07, 6.45) is 1.58. The smallest absolute Gasteiger partial charge is 0.251 e. The van der Waals surface area contributed by atoms with Crippen LogP contribution >= 0.6 is 0 Å². The number of aliphatic imine (C=N–C) groups is 1. The molecule has 1 amide bonds. The van der Waals surface area contributed by atoms with Gasteiger partial charge in [0, 0.05) is 11.6 Å². The molecule has 0 aromatic heterocycles. The van der Waals surface area contributed by atoms with E-state index in [0.717, 1.165) is 11.3 Å². The summed E-state index contributed by atoms with van der Waals surface area (Å²) in [5.74, 6) is 0.669. The van der Waals surface area contributed by atoms with Crippen LogP contribution in [0.3, 0.4) is 0 Å². The standard InChI is InChI=1S/C13H17NO2/c1-13(2,3)12(15)14-9-10-5-7-11(16-4)8-6-10/h5-9H,1-4H3. The van der Waals surface area contributed by atoms with Crippen molar-refractivity contribution in [3.8, 4) is 5.75 Å². The molecule has 1 aromatic rings. The molecule has 0 aliphatic rings. The Morgan fingerprint density at radius 3 is 2.25 bits per heavy atom. The van der Waals surface area contributed by atoms with Crippen LogP contribution in [0.5, 0.6) is 5.75 Å². The van der Waals surface area contributed by atoms with Crippen molar-refractivity contribution >= 4 is 12.1 Å². The van der Waals surface area contributed by atoms with Crippen LogP contribution < -0.4 is 4.74 Å². The lowest BCUT2D eigenvalue weighted by atomic mass is 9.96. The molecule has 3 heteroatoms. The molecular formula is C13H17NO2. The molecule has 3 nitrogen and oxygen atoms in total. The zero-order chi connectivity index (χ0) is 12.2. The molecule has 0 unspecified atom stereocenters. The molecule has 0 fully saturated rings. The summed E-state index contributed by atoms with van der Waals surface area (Å²) in [5.41, 5.74) is 0.460. The SMILES string of the molecule is COc1ccc(C=NC(=O)C(C)(C)C)cc1. The lowest BCUT2D eigenvalue weighted by Gasteiger charge is -2.11. The molecule has 0 N–H and O–H groups in total. The largest absolute Gasteiger partial charge is 0.497 e. The molecule has 0 aliphatic carbocycles. The quantitative estimate of drug-likeness (QED) is 0.717. The van der Waals surface area contributed by atoms with Gasteiger partial charge in [0.05, 0.1) is 7.11 Å². The van der Waals surface area contributed by atoms with Gasteiger partial charge in [-0.05, 0) is 29.8 Å². The van der Waals surface area contributed by atoms with E-state index in [1.165, 1.54) is 0 Å². The minimum Gasteiger partial charge on any atom is -0.497 e. The zero-order valence-electron chi connectivity index (χ0n) is 10.2. The van der Waals surface area contributed by atoms with Gasteiger partial charge in [0.15, 0.2) is 0 Å². The first-order valence-electron chi connectivity index (χ1n) is 5.16. The summed E-state index contributed by atoms with van der Waals surface area (Å²) >= 11 is 0. The molecule has 0 aliphatic heterocycles. The third kappa shape index (κ3) is 3.50. The summed E-state index contributed by atoms with van der Waals surface area (Å²) in [5, 5.41) is 0. The molecule has 16 heavy (non-hydrogen) atoms. The van der Waals surface area contributed by atoms with Crippen LogP contribution in [0, 0.1) is 5.41 Å². The van der Waals surface area contributed by atoms with Gasteiger partial charge >= 0.3 is 0 Å². The minimum atomic E-state index is -0.428. The van der Waals surface area contributed by atoms with Gasteiger partial charge in [-0.25, -0.2) is 4.99 Å². The summed E-state index contributed by atoms with van der Waals surface area (Å²) < 4.78 is 5.04. The number of hydrogen-bond acceptors (Lipinski definition) is 2. The van der Waals surface area contributed by atoms with Gasteiger partial charge in [0.25, 0.3) is 5.91 Å². The van der Waals surface area contributed by atoms with Crippen molar-refractivity contribution in [2.75, 3.05) is 7.11 Å². The number of methoxy groups -OCH3 is 1. The summed E-state index contributed by atoms with van der Waals surface area (Å²) in [7, 11) is 1.62. The molecule has 0 heterocycles. The van der Waals surface area contributed by atoms with Crippen LogP contribution in [0.25, 0.3) is 0 Å². The van der Waals surface area contributed by atoms with Crippen molar-refractivity contribution in [2.45, 2.75) is 20.8 Å². The fourth-order valence-electron chi connectivity index (χ4n) is 1.02. The molecule has 0 saturated heterocycles. The Bertz CT molecular complexity index is 385. The third-order valence-corrected chi connectivity index (χ3v) is 2.09. The van der Waals surface area contributed by atoms with Gasteiger partial charge in [-0.2, -0.15) is 0 Å². The second kappa shape index (κ2) is 4.92. The summed E-state index contributed by atoms with van der Waals surface area (Å²) in [6.45, 7) is 5.54. The molecule has 0 atom stereocenters. The van der Waals surface area contributed by atoms with Gasteiger partial charge in [-0.3, -0.25) is 4.79 Å². The van der Waals surface area contributed by atoms with Gasteiger partial charge < -0.3 is 4.74 Å². The Morgan fingerprint density at radius 1 is 1.25 bits per heavy atom. The number of ether oxygens (including phenoxy) is 1. The van der Waals surface area contributed by atoms with Crippen molar-refractivity contribution in [3.63, 3.8) is 0 Å². The molecule has 0 bridgehead atoms. The fraction of sp³-hybridized carbons (Fsp3) is 0.385. The maximum atomic E-state index is 11.5. The molecule has 1 aromatic carbocycles. The maximum absolute atomic E-state index is 11.5. The molecule has 0 spiro atoms. The predicted molar refractivity (Wildman–Crippen MR) is 65.1 cm³/mol. The van der Waals surface area contributed by atoms with Crippen molar-refractivity contribution in [2.24, 2.45) is 10.4 Å². The first kappa shape index (κ1) is 12.4. The van der Waals surface area contributed by atoms with Gasteiger partial charge in [0.2, 0.25) is 0 Å². The van der Waals surface area contributed by atoms with E-state index in [-0.39, 0.29) is 5.91 Å². The Hall–Kier alpha value is -1.64. The highest BCUT2D eigenvalue weighted by Gasteiger charge is 2.19. The number of carbonyl (C=O) groups is 1. The zero-order valence-corrected chi connectivity index (χ0v) is 10.2. The first-order valence-corrected chi connectivity index (χ1v) is 5.16. The number of nitrogens with zero attached hydrogens (tertiary/aromatic N) is 1. The average molecular weight is 219 g/mol. The highest BCUT2D eigenvalue weighted by molar-refractivity contribution is 5.94. The molecular weight excluding hydrogens is 202 g/mol. The van der Waals surface area contributed by atoms with Crippen molar-refractivity contribution < 1.29 is 9.53 Å². The number of carbonyl (C=O) groups excluding carboxylic acids is 1. The molecule has 1 rings (SSSR count). The summed E-state index contributed by atoms with van der Waals surface area (Å²) in [4.78, 5) is 15.5. The van der Waals surface area contributed by atoms with Crippen LogP contribution in [0.4, 0.5) is 0 Å². The van der Waals surface area contributed by atoms with E-state index in [0.29, 0.717) is 0 Å². The van der Waals surface area contributed by atoms with Crippen LogP contribution in [0.2, 0.25) is 0 Å². The third-order valence-electron chi connectivity index (χ3n) is 2.09. The summed E-state index contributed by atoms with van der Waals surface area (Å²) in [6, 6.07) is 7.39. The van der Waals surface area contributed by atoms with Gasteiger partial charge in [-0.15, -0.1) is 0 Å². The molecule has 0 radical (unpaired) electrons. The number of amides is 1. The molecule has 0 saturated carbocycles. The van der Waals surface area contributed by atoms with Gasteiger partial charge in [-0.1, -0.05) is 20.8 Å². The van der Waals surface area contributed by atoms with Crippen molar-refractivity contribution in [1.82, 2.24) is 0 Å². The number of rotatable bonds is 2. The highest BCUT2D eigenvalue weighted by atomic mass is 16.5. The van der Waals surface area contributed by atoms with E-state index in [4.69, 9.17) is 4.74 Å².